The van der Waals surface area contributed by atoms with Crippen molar-refractivity contribution in [3.05, 3.63) is 223 Å². The number of carbonyl (C=O) groups excluding carboxylic acids is 6. The molecule has 6 fully saturated rings. The summed E-state index contributed by atoms with van der Waals surface area (Å²) in [5, 5.41) is 55.0. The summed E-state index contributed by atoms with van der Waals surface area (Å²) >= 11 is 15.9. The third-order valence-electron chi connectivity index (χ3n) is 30.5. The van der Waals surface area contributed by atoms with Crippen LogP contribution in [-0.2, 0) is 36.8 Å². The van der Waals surface area contributed by atoms with E-state index >= 15 is 0 Å². The zero-order valence-electron chi connectivity index (χ0n) is 84.8. The number of amides is 4. The quantitative estimate of drug-likeness (QED) is 0.0185. The molecule has 27 nitrogen and oxygen atoms in total. The van der Waals surface area contributed by atoms with Gasteiger partial charge >= 0.3 is 0 Å². The van der Waals surface area contributed by atoms with Gasteiger partial charge in [0.2, 0.25) is 17.7 Å². The molecule has 2 aliphatic carbocycles. The number of anilines is 2. The van der Waals surface area contributed by atoms with Crippen molar-refractivity contribution in [1.82, 2.24) is 60.6 Å². The summed E-state index contributed by atoms with van der Waals surface area (Å²) in [5.41, 5.74) is 12.9. The van der Waals surface area contributed by atoms with E-state index in [0.29, 0.717) is 87.8 Å². The van der Waals surface area contributed by atoms with Gasteiger partial charge in [0, 0.05) is 168 Å². The number of nitrogens with zero attached hydrogens (tertiary/aromatic N) is 13. The van der Waals surface area contributed by atoms with Crippen molar-refractivity contribution in [3.8, 4) is 38.8 Å². The number of nitriles is 2. The Bertz CT molecular complexity index is 6010. The molecular weight excluding hydrogens is 1860 g/mol. The number of Topliss-reactive ketones (excluding diaryl/α,β-unsaturated/α-hetero) is 2. The average Bonchev–Trinajstić information content (AvgIpc) is 1.21. The molecule has 4 aliphatic heterocycles. The zero-order chi connectivity index (χ0) is 102. The Kier molecular flexibility index (Phi) is 33.2. The molecule has 1 unspecified atom stereocenters. The van der Waals surface area contributed by atoms with Crippen LogP contribution in [0.4, 0.5) is 11.6 Å². The molecule has 4 amide bonds. The number of hydrogen-bond acceptors (Lipinski definition) is 25. The minimum atomic E-state index is -0.854. The highest BCUT2D eigenvalue weighted by Gasteiger charge is 2.65. The van der Waals surface area contributed by atoms with Crippen molar-refractivity contribution in [3.63, 3.8) is 0 Å². The smallest absolute Gasteiger partial charge is 0.253 e. The number of halogens is 2. The molecular formula is C110H138Cl2N16O11S2. The maximum Gasteiger partial charge on any atom is 0.253 e. The number of aromatic nitrogens is 5. The number of ketones is 2. The van der Waals surface area contributed by atoms with Crippen LogP contribution in [0.1, 0.15) is 233 Å². The lowest BCUT2D eigenvalue weighted by molar-refractivity contribution is -0.164. The van der Waals surface area contributed by atoms with Crippen molar-refractivity contribution < 1.29 is 53.0 Å². The van der Waals surface area contributed by atoms with Crippen molar-refractivity contribution in [2.24, 2.45) is 44.8 Å². The van der Waals surface area contributed by atoms with Gasteiger partial charge in [0.25, 0.3) is 5.91 Å². The summed E-state index contributed by atoms with van der Waals surface area (Å²) in [6, 6.07) is 39.0. The lowest BCUT2D eigenvalue weighted by Crippen LogP contribution is -2.74. The fourth-order valence-electron chi connectivity index (χ4n) is 23.1. The van der Waals surface area contributed by atoms with E-state index in [0.717, 1.165) is 119 Å². The number of pyridine rings is 2. The molecule has 9 heterocycles. The molecule has 5 aromatic heterocycles. The average molecular weight is 2000 g/mol. The highest BCUT2D eigenvalue weighted by Crippen LogP contribution is 2.66. The molecule has 31 heteroatoms. The molecule has 0 bridgehead atoms. The summed E-state index contributed by atoms with van der Waals surface area (Å²) in [6.07, 6.45) is 4.39. The maximum atomic E-state index is 14.3. The molecule has 750 valence electrons. The first kappa shape index (κ1) is 106. The van der Waals surface area contributed by atoms with Crippen LogP contribution in [-0.4, -0.2) is 223 Å². The highest BCUT2D eigenvalue weighted by atomic mass is 35.5. The van der Waals surface area contributed by atoms with E-state index in [1.807, 2.05) is 116 Å². The molecule has 9 aromatic rings. The third kappa shape index (κ3) is 23.8. The first-order chi connectivity index (χ1) is 66.7. The molecule has 2 saturated carbocycles. The molecule has 141 heavy (non-hydrogen) atoms. The van der Waals surface area contributed by atoms with Gasteiger partial charge in [-0.1, -0.05) is 186 Å². The van der Waals surface area contributed by atoms with E-state index in [9.17, 15) is 49.5 Å². The van der Waals surface area contributed by atoms with Gasteiger partial charge in [0.15, 0.2) is 11.6 Å². The topological polar surface area (TPSA) is 342 Å². The van der Waals surface area contributed by atoms with Gasteiger partial charge in [-0.15, -0.1) is 22.7 Å². The Morgan fingerprint density at radius 1 is 0.638 bits per heavy atom. The number of rotatable bonds is 34. The van der Waals surface area contributed by atoms with Crippen LogP contribution in [0.15, 0.2) is 155 Å². The number of piperazine rings is 2. The number of hydrogen-bond donors (Lipinski definition) is 5. The second-order valence-electron chi connectivity index (χ2n) is 43.5. The fraction of sp³-hybridized carbons (Fsp3) is 0.518. The molecule has 4 aromatic carbocycles. The molecule has 6 aliphatic rings. The maximum absolute atomic E-state index is 14.3. The van der Waals surface area contributed by atoms with Crippen LogP contribution >= 0.6 is 45.9 Å². The number of carbonyl (C=O) groups is 6. The molecule has 5 N–H and O–H groups in total. The number of thiazole rings is 2. The molecule has 15 rings (SSSR count). The van der Waals surface area contributed by atoms with Gasteiger partial charge < -0.3 is 59.8 Å². The lowest BCUT2D eigenvalue weighted by atomic mass is 9.39. The number of ether oxygens (including phenoxy) is 2. The van der Waals surface area contributed by atoms with E-state index in [4.69, 9.17) is 42.2 Å². The van der Waals surface area contributed by atoms with Crippen LogP contribution in [0.25, 0.3) is 20.9 Å². The van der Waals surface area contributed by atoms with Crippen molar-refractivity contribution in [2.75, 3.05) is 88.5 Å². The van der Waals surface area contributed by atoms with E-state index in [1.54, 1.807) is 69.1 Å². The number of nitrogens with one attached hydrogen (secondary N) is 3. The summed E-state index contributed by atoms with van der Waals surface area (Å²) in [4.78, 5) is 116. The van der Waals surface area contributed by atoms with Gasteiger partial charge in [-0.25, -0.2) is 19.9 Å². The number of β-amino-alcohol motifs (C(OH)–C–C–N with tert-alkyl or cyclic N) is 2. The normalized spacial score (nSPS) is 22.8. The van der Waals surface area contributed by atoms with E-state index in [2.05, 4.69) is 192 Å². The second-order valence-corrected chi connectivity index (χ2v) is 46.0. The Morgan fingerprint density at radius 3 is 1.74 bits per heavy atom. The number of aliphatic hydroxyl groups is 2. The SMILES string of the molecule is C=C(N[C@@H](C)c1ccc(-c2scnc2C)cc1)[C@@H]1C[C@@H](O)CN1C(=O)[C@@H](NC(=O)COCCN1C[C@@H](C)N(c2ccc(C(=O)CC3C(C)(C)C(Cc4ccc(C#N)c(Cl)c4)C3(C)C)cn2)[C@@H](C)C1)C(C)(C)C.Cc1ncsc1-c1ccc([C@H](C)CC(=O)[C@@H]2C[C@@H](O)CN2C(=O)C(c2cc(CCN3CCN(c4ccc(C(=O)NC5C(C)(C)C(Oc6ccc(C#N)c(Cl)c6)C5(C)C)cn4)CC3)no2)C(C)C)cc1. The number of benzene rings is 4. The Balaban J connectivity index is 0.000000224. The molecule has 0 spiro atoms. The lowest BCUT2D eigenvalue weighted by Gasteiger charge is -2.65. The van der Waals surface area contributed by atoms with Gasteiger partial charge in [0.05, 0.1) is 95.5 Å². The highest BCUT2D eigenvalue weighted by molar-refractivity contribution is 7.13. The van der Waals surface area contributed by atoms with Gasteiger partial charge in [-0.2, -0.15) is 10.5 Å². The molecule has 4 saturated heterocycles. The van der Waals surface area contributed by atoms with Crippen molar-refractivity contribution in [2.45, 2.75) is 243 Å². The number of aryl methyl sites for hydroxylation is 2. The Morgan fingerprint density at radius 2 is 1.20 bits per heavy atom. The summed E-state index contributed by atoms with van der Waals surface area (Å²) in [7, 11) is 0. The summed E-state index contributed by atoms with van der Waals surface area (Å²) in [5.74, 6) is 1.37. The molecule has 0 radical (unpaired) electrons. The fourth-order valence-corrected chi connectivity index (χ4v) is 25.2. The van der Waals surface area contributed by atoms with E-state index in [1.165, 1.54) is 0 Å². The predicted octanol–water partition coefficient (Wildman–Crippen LogP) is 17.9. The first-order valence-corrected chi connectivity index (χ1v) is 51.8. The summed E-state index contributed by atoms with van der Waals surface area (Å²) < 4.78 is 18.2. The monoisotopic (exact) mass is 1990 g/mol. The van der Waals surface area contributed by atoms with Crippen LogP contribution in [0.3, 0.4) is 0 Å². The number of likely N-dealkylation sites (tertiary alicyclic amines) is 2. The number of aliphatic hydroxyl groups excluding tert-OH is 2. The van der Waals surface area contributed by atoms with Crippen LogP contribution in [0.5, 0.6) is 5.75 Å². The Labute approximate surface area is 848 Å². The minimum absolute atomic E-state index is 0.0563. The van der Waals surface area contributed by atoms with E-state index < -0.39 is 41.7 Å². The first-order valence-electron chi connectivity index (χ1n) is 49.3. The standard InChI is InChI=1S/C57H75ClN8O5S.C53H63ClN8O6S/c1-34-29-64(30-35(2)66(34)50-20-19-43(28-60-50)47(68)26-49-56(9,10)48(57(49,11)12)24-39-13-14-42(27-59)45(58)23-39)21-22-71-32-51(69)63-53(55(6,7)8)54(70)65-31-44(67)25-46(65)37(4)62-36(3)40-15-17-41(18-16-40)52-38(5)61-33-72-52;1-31(2)46(49(66)62-29-39(63)25-42(62)43(64)23-32(3)34-9-11-35(12-10-34)47-33(4)57-30-69-47)44-24-38(59-68-44)17-18-60-19-21-61(22-20-60)45-16-14-37(28-56-45)48(65)58-50-52(5,6)51(53(50,7)8)67-40-15-13-36(27-55)41(54)26-40/h13-20,23,28,33-36,44,46,48-49,53,62,67H,4,21-22,24-26,29-32H2,1-3,5-12H3,(H,63,69);9-16,24,26,28,30-32,39,42,46,50-51,63H,17-23,25,29H2,1-8H3,(H,58,65)/t34-,35+,36-,44+,46-,48?,49?,53+;32-,39-,42+,46?,50?,51?/m01/s1. The molecule has 10 atom stereocenters. The van der Waals surface area contributed by atoms with Crippen LogP contribution in [0, 0.1) is 81.3 Å². The van der Waals surface area contributed by atoms with Gasteiger partial charge in [0.1, 0.15) is 60.0 Å². The zero-order valence-corrected chi connectivity index (χ0v) is 88.0. The Hall–Kier alpha value is -10.8. The summed E-state index contributed by atoms with van der Waals surface area (Å²) in [6.45, 7) is 50.2. The minimum Gasteiger partial charge on any atom is -0.489 e. The predicted molar refractivity (Wildman–Crippen MR) is 553 cm³/mol. The van der Waals surface area contributed by atoms with Gasteiger partial charge in [-0.05, 0) is 157 Å². The van der Waals surface area contributed by atoms with Gasteiger partial charge in [-0.3, -0.25) is 38.6 Å². The van der Waals surface area contributed by atoms with Crippen molar-refractivity contribution >= 4 is 92.7 Å². The largest absolute Gasteiger partial charge is 0.489 e. The van der Waals surface area contributed by atoms with Crippen LogP contribution in [0.2, 0.25) is 10.0 Å². The van der Waals surface area contributed by atoms with Crippen molar-refractivity contribution in [1.29, 1.82) is 10.5 Å². The third-order valence-corrected chi connectivity index (χ3v) is 33.0. The van der Waals surface area contributed by atoms with E-state index in [-0.39, 0.29) is 137 Å². The van der Waals surface area contributed by atoms with Crippen LogP contribution < -0.4 is 30.5 Å². The second kappa shape index (κ2) is 44.2.